The van der Waals surface area contributed by atoms with Gasteiger partial charge in [0, 0.05) is 18.4 Å². The first kappa shape index (κ1) is 21.9. The molecule has 0 spiro atoms. The molecule has 3 aliphatic rings. The minimum atomic E-state index is -3.29. The lowest BCUT2D eigenvalue weighted by atomic mass is 10.0. The number of morpholine rings is 1. The van der Waals surface area contributed by atoms with Gasteiger partial charge in [-0.15, -0.1) is 0 Å². The van der Waals surface area contributed by atoms with Crippen LogP contribution in [-0.2, 0) is 32.3 Å². The molecule has 178 valence electrons. The quantitative estimate of drug-likeness (QED) is 0.558. The van der Waals surface area contributed by atoms with Crippen molar-refractivity contribution in [1.29, 1.82) is 0 Å². The van der Waals surface area contributed by atoms with E-state index in [2.05, 4.69) is 29.3 Å². The molecule has 0 bridgehead atoms. The highest BCUT2D eigenvalue weighted by Gasteiger charge is 2.41. The highest BCUT2D eigenvalue weighted by Crippen LogP contribution is 2.38. The summed E-state index contributed by atoms with van der Waals surface area (Å²) in [5.41, 5.74) is 4.88. The molecule has 1 fully saturated rings. The summed E-state index contributed by atoms with van der Waals surface area (Å²) in [6.45, 7) is 1.68. The predicted octanol–water partition coefficient (Wildman–Crippen LogP) is 2.87. The Morgan fingerprint density at radius 2 is 1.97 bits per heavy atom. The number of carbonyl (C=O) groups excluding carboxylic acids is 1. The van der Waals surface area contributed by atoms with Gasteiger partial charge in [0.2, 0.25) is 0 Å². The summed E-state index contributed by atoms with van der Waals surface area (Å²) >= 11 is 0. The number of fused-ring (bicyclic) bond motifs is 4. The van der Waals surface area contributed by atoms with E-state index in [1.54, 1.807) is 35.4 Å². The lowest BCUT2D eigenvalue weighted by Crippen LogP contribution is -2.58. The van der Waals surface area contributed by atoms with E-state index in [-0.39, 0.29) is 17.3 Å². The third kappa shape index (κ3) is 3.90. The fraction of sp³-hybridized carbons (Fsp3) is 0.269. The molecule has 8 nitrogen and oxygen atoms in total. The van der Waals surface area contributed by atoms with Gasteiger partial charge in [-0.2, -0.15) is 0 Å². The Bertz CT molecular complexity index is 1470. The molecule has 35 heavy (non-hydrogen) atoms. The van der Waals surface area contributed by atoms with Crippen LogP contribution in [0.25, 0.3) is 17.5 Å². The fourth-order valence-electron chi connectivity index (χ4n) is 4.85. The van der Waals surface area contributed by atoms with Gasteiger partial charge in [0.15, 0.2) is 21.5 Å². The minimum Gasteiger partial charge on any atom is -0.377 e. The molecule has 1 amide bonds. The number of hydrogen-bond acceptors (Lipinski definition) is 7. The van der Waals surface area contributed by atoms with Crippen LogP contribution < -0.4 is 9.80 Å². The molecule has 1 saturated heterocycles. The standard InChI is InChI=1S/C26H24N4O4S/c1-35(32,33)21-9-5-17(6-10-21)15-30-22-14-27-24(20-8-7-18-3-2-4-19(18)13-20)28-25(22)29-11-12-34-16-23(29)26(30)31/h2-3,5-10,13-14,23H,4,11-12,15-16H2,1H3. The van der Waals surface area contributed by atoms with Gasteiger partial charge in [-0.1, -0.05) is 36.4 Å². The van der Waals surface area contributed by atoms with Gasteiger partial charge >= 0.3 is 0 Å². The normalized spacial score (nSPS) is 18.9. The number of ether oxygens (including phenoxy) is 1. The summed E-state index contributed by atoms with van der Waals surface area (Å²) in [5, 5.41) is 0. The number of sulfone groups is 1. The molecule has 3 heterocycles. The number of hydrogen-bond donors (Lipinski definition) is 0. The van der Waals surface area contributed by atoms with Gasteiger partial charge in [0.1, 0.15) is 11.7 Å². The average molecular weight is 489 g/mol. The Morgan fingerprint density at radius 3 is 2.77 bits per heavy atom. The van der Waals surface area contributed by atoms with Crippen molar-refractivity contribution >= 4 is 33.3 Å². The van der Waals surface area contributed by atoms with E-state index in [9.17, 15) is 13.2 Å². The number of benzene rings is 2. The molecule has 1 unspecified atom stereocenters. The molecule has 2 aromatic carbocycles. The van der Waals surface area contributed by atoms with Crippen molar-refractivity contribution in [1.82, 2.24) is 9.97 Å². The van der Waals surface area contributed by atoms with Gasteiger partial charge in [-0.05, 0) is 41.3 Å². The fourth-order valence-corrected chi connectivity index (χ4v) is 5.48. The van der Waals surface area contributed by atoms with Gasteiger partial charge in [-0.3, -0.25) is 4.79 Å². The topological polar surface area (TPSA) is 92.7 Å². The van der Waals surface area contributed by atoms with Crippen molar-refractivity contribution in [3.05, 3.63) is 71.4 Å². The highest BCUT2D eigenvalue weighted by atomic mass is 32.2. The summed E-state index contributed by atoms with van der Waals surface area (Å²) < 4.78 is 29.3. The zero-order chi connectivity index (χ0) is 24.2. The molecular formula is C26H24N4O4S. The Morgan fingerprint density at radius 1 is 1.14 bits per heavy atom. The number of anilines is 2. The van der Waals surface area contributed by atoms with Crippen molar-refractivity contribution in [3.63, 3.8) is 0 Å². The molecular weight excluding hydrogens is 464 g/mol. The van der Waals surface area contributed by atoms with Crippen molar-refractivity contribution in [3.8, 4) is 11.4 Å². The van der Waals surface area contributed by atoms with E-state index in [4.69, 9.17) is 9.72 Å². The molecule has 1 aliphatic carbocycles. The maximum atomic E-state index is 13.5. The molecule has 9 heteroatoms. The number of carbonyl (C=O) groups is 1. The first-order valence-electron chi connectivity index (χ1n) is 11.5. The number of nitrogens with zero attached hydrogens (tertiary/aromatic N) is 4. The average Bonchev–Trinajstić information content (AvgIpc) is 3.34. The molecule has 2 aliphatic heterocycles. The van der Waals surface area contributed by atoms with Crippen LogP contribution in [0, 0.1) is 0 Å². The van der Waals surface area contributed by atoms with Gasteiger partial charge in [0.05, 0.1) is 30.9 Å². The number of amides is 1. The summed E-state index contributed by atoms with van der Waals surface area (Å²) in [7, 11) is -3.29. The van der Waals surface area contributed by atoms with Crippen LogP contribution in [-0.4, -0.2) is 56.3 Å². The monoisotopic (exact) mass is 488 g/mol. The van der Waals surface area contributed by atoms with Gasteiger partial charge in [-0.25, -0.2) is 18.4 Å². The number of allylic oxidation sites excluding steroid dienone is 1. The minimum absolute atomic E-state index is 0.0793. The van der Waals surface area contributed by atoms with Crippen LogP contribution in [0.3, 0.4) is 0 Å². The SMILES string of the molecule is CS(=O)(=O)c1ccc(CN2C(=O)C3COCCN3c3nc(-c4ccc5c(c4)CC=C5)ncc32)cc1. The second kappa shape index (κ2) is 8.28. The summed E-state index contributed by atoms with van der Waals surface area (Å²) in [6, 6.07) is 12.4. The van der Waals surface area contributed by atoms with Crippen molar-refractivity contribution in [2.24, 2.45) is 0 Å². The Hall–Kier alpha value is -3.56. The van der Waals surface area contributed by atoms with Gasteiger partial charge in [0.25, 0.3) is 5.91 Å². The van der Waals surface area contributed by atoms with Crippen molar-refractivity contribution in [2.45, 2.75) is 23.9 Å². The van der Waals surface area contributed by atoms with Crippen LogP contribution in [0.1, 0.15) is 16.7 Å². The molecule has 1 atom stereocenters. The first-order valence-corrected chi connectivity index (χ1v) is 13.4. The second-order valence-electron chi connectivity index (χ2n) is 9.05. The third-order valence-electron chi connectivity index (χ3n) is 6.72. The van der Waals surface area contributed by atoms with Crippen LogP contribution in [0.15, 0.2) is 59.6 Å². The van der Waals surface area contributed by atoms with Crippen LogP contribution >= 0.6 is 0 Å². The van der Waals surface area contributed by atoms with E-state index >= 15 is 0 Å². The van der Waals surface area contributed by atoms with Crippen LogP contribution in [0.4, 0.5) is 11.5 Å². The molecule has 3 aromatic rings. The smallest absolute Gasteiger partial charge is 0.252 e. The lowest BCUT2D eigenvalue weighted by molar-refractivity contribution is -0.122. The predicted molar refractivity (Wildman–Crippen MR) is 133 cm³/mol. The first-order chi connectivity index (χ1) is 16.9. The van der Waals surface area contributed by atoms with Crippen LogP contribution in [0.5, 0.6) is 0 Å². The van der Waals surface area contributed by atoms with Crippen LogP contribution in [0.2, 0.25) is 0 Å². The third-order valence-corrected chi connectivity index (χ3v) is 7.85. The Kier molecular flexibility index (Phi) is 5.19. The zero-order valence-electron chi connectivity index (χ0n) is 19.2. The van der Waals surface area contributed by atoms with E-state index in [0.717, 1.165) is 17.5 Å². The number of aromatic nitrogens is 2. The lowest BCUT2D eigenvalue weighted by Gasteiger charge is -2.44. The van der Waals surface area contributed by atoms with Gasteiger partial charge < -0.3 is 14.5 Å². The van der Waals surface area contributed by atoms with E-state index < -0.39 is 15.9 Å². The summed E-state index contributed by atoms with van der Waals surface area (Å²) in [5.74, 6) is 1.26. The maximum Gasteiger partial charge on any atom is 0.252 e. The Labute approximate surface area is 203 Å². The molecule has 0 saturated carbocycles. The second-order valence-corrected chi connectivity index (χ2v) is 11.1. The Balaban J connectivity index is 1.38. The largest absolute Gasteiger partial charge is 0.377 e. The molecule has 1 aromatic heterocycles. The summed E-state index contributed by atoms with van der Waals surface area (Å²) in [6.07, 6.45) is 8.07. The maximum absolute atomic E-state index is 13.5. The van der Waals surface area contributed by atoms with E-state index in [1.807, 2.05) is 11.0 Å². The van der Waals surface area contributed by atoms with Crippen molar-refractivity contribution in [2.75, 3.05) is 35.8 Å². The van der Waals surface area contributed by atoms with Crippen molar-refractivity contribution < 1.29 is 17.9 Å². The molecule has 0 N–H and O–H groups in total. The highest BCUT2D eigenvalue weighted by molar-refractivity contribution is 7.90. The molecule has 0 radical (unpaired) electrons. The van der Waals surface area contributed by atoms with E-state index in [1.165, 1.54) is 17.4 Å². The summed E-state index contributed by atoms with van der Waals surface area (Å²) in [4.78, 5) is 27.0. The molecule has 6 rings (SSSR count). The number of rotatable bonds is 4. The van der Waals surface area contributed by atoms with E-state index in [0.29, 0.717) is 37.1 Å². The zero-order valence-corrected chi connectivity index (χ0v) is 20.0.